The van der Waals surface area contributed by atoms with Crippen LogP contribution in [-0.2, 0) is 22.7 Å². The Bertz CT molecular complexity index is 1760. The van der Waals surface area contributed by atoms with E-state index in [1.807, 2.05) is 43.3 Å². The van der Waals surface area contributed by atoms with Gasteiger partial charge in [-0.15, -0.1) is 0 Å². The molecule has 12 nitrogen and oxygen atoms in total. The summed E-state index contributed by atoms with van der Waals surface area (Å²) in [6, 6.07) is 11.3. The van der Waals surface area contributed by atoms with Crippen LogP contribution in [0.4, 0.5) is 0 Å². The summed E-state index contributed by atoms with van der Waals surface area (Å²) < 4.78 is 11.1. The zero-order chi connectivity index (χ0) is 33.3. The number of hydrogen-bond donors (Lipinski definition) is 4. The quantitative estimate of drug-likeness (QED) is 0.153. The normalized spacial score (nSPS) is 14.1. The van der Waals surface area contributed by atoms with E-state index in [0.29, 0.717) is 99.4 Å². The Balaban J connectivity index is 1.36. The van der Waals surface area contributed by atoms with Crippen molar-refractivity contribution in [3.63, 3.8) is 0 Å². The molecule has 1 atom stereocenters. The first-order chi connectivity index (χ1) is 22.8. The predicted molar refractivity (Wildman–Crippen MR) is 180 cm³/mol. The van der Waals surface area contributed by atoms with Crippen LogP contribution in [0.3, 0.4) is 0 Å². The van der Waals surface area contributed by atoms with Crippen molar-refractivity contribution in [3.05, 3.63) is 70.2 Å². The van der Waals surface area contributed by atoms with Crippen molar-refractivity contribution < 1.29 is 19.1 Å². The molecule has 0 unspecified atom stereocenters. The SMILES string of the molecule is CCNC(=O)CNCc1ncc(-c2cccc(-c3cccc(-c4cnc(CNC[C@@H]5CCC(=O)N5)c(OC)n4)c3Cl)c2Cl)nc1OC. The van der Waals surface area contributed by atoms with E-state index in [-0.39, 0.29) is 24.4 Å². The lowest BCUT2D eigenvalue weighted by atomic mass is 9.98. The highest BCUT2D eigenvalue weighted by molar-refractivity contribution is 6.39. The Morgan fingerprint density at radius 1 is 0.872 bits per heavy atom. The summed E-state index contributed by atoms with van der Waals surface area (Å²) in [6.07, 6.45) is 4.64. The van der Waals surface area contributed by atoms with E-state index >= 15 is 0 Å². The molecular formula is C33H36Cl2N8O4. The number of benzene rings is 2. The predicted octanol–water partition coefficient (Wildman–Crippen LogP) is 4.19. The molecule has 47 heavy (non-hydrogen) atoms. The number of methoxy groups -OCH3 is 2. The minimum atomic E-state index is -0.105. The lowest BCUT2D eigenvalue weighted by molar-refractivity contribution is -0.120. The first-order valence-electron chi connectivity index (χ1n) is 15.2. The summed E-state index contributed by atoms with van der Waals surface area (Å²) in [5.41, 5.74) is 4.97. The fourth-order valence-electron chi connectivity index (χ4n) is 5.25. The number of nitrogens with zero attached hydrogens (tertiary/aromatic N) is 4. The fraction of sp³-hybridized carbons (Fsp3) is 0.333. The van der Waals surface area contributed by atoms with Crippen LogP contribution >= 0.6 is 23.2 Å². The molecule has 5 rings (SSSR count). The molecule has 2 amide bonds. The highest BCUT2D eigenvalue weighted by Gasteiger charge is 2.21. The third-order valence-electron chi connectivity index (χ3n) is 7.57. The fourth-order valence-corrected chi connectivity index (χ4v) is 5.90. The molecule has 1 aliphatic heterocycles. The molecular weight excluding hydrogens is 643 g/mol. The number of amides is 2. The Labute approximate surface area is 283 Å². The Morgan fingerprint density at radius 2 is 1.40 bits per heavy atom. The maximum atomic E-state index is 11.8. The number of halogens is 2. The van der Waals surface area contributed by atoms with Crippen LogP contribution in [0.1, 0.15) is 31.2 Å². The summed E-state index contributed by atoms with van der Waals surface area (Å²) >= 11 is 14.0. The van der Waals surface area contributed by atoms with Crippen molar-refractivity contribution in [2.45, 2.75) is 38.9 Å². The second kappa shape index (κ2) is 16.0. The number of aromatic nitrogens is 4. The van der Waals surface area contributed by atoms with Gasteiger partial charge in [-0.25, -0.2) is 9.97 Å². The Morgan fingerprint density at radius 3 is 1.89 bits per heavy atom. The molecule has 14 heteroatoms. The molecule has 1 fully saturated rings. The lowest BCUT2D eigenvalue weighted by Crippen LogP contribution is -2.35. The van der Waals surface area contributed by atoms with Crippen LogP contribution in [0.25, 0.3) is 33.6 Å². The van der Waals surface area contributed by atoms with E-state index in [1.165, 1.54) is 7.11 Å². The topological polar surface area (TPSA) is 152 Å². The van der Waals surface area contributed by atoms with Crippen molar-refractivity contribution in [2.24, 2.45) is 0 Å². The van der Waals surface area contributed by atoms with Gasteiger partial charge in [0, 0.05) is 60.9 Å². The molecule has 2 aromatic heterocycles. The largest absolute Gasteiger partial charge is 0.480 e. The molecule has 0 radical (unpaired) electrons. The standard InChI is InChI=1S/C33H36Cl2N8O4/c1-4-38-29(45)18-37-15-27-33(47-3)43-25(17-40-27)23-10-6-8-21(31(23)35)20-7-5-9-22(30(20)34)24-16-39-26(32(42-24)46-2)14-36-13-19-11-12-28(44)41-19/h5-10,16-17,19,36-37H,4,11-15,18H2,1-3H3,(H,38,45)(H,41,44)/t19-/m0/s1. The van der Waals surface area contributed by atoms with E-state index in [9.17, 15) is 9.59 Å². The van der Waals surface area contributed by atoms with E-state index in [4.69, 9.17) is 37.7 Å². The van der Waals surface area contributed by atoms with Gasteiger partial charge in [-0.3, -0.25) is 19.6 Å². The van der Waals surface area contributed by atoms with E-state index in [2.05, 4.69) is 36.2 Å². The first kappa shape index (κ1) is 34.0. The third kappa shape index (κ3) is 8.14. The van der Waals surface area contributed by atoms with Gasteiger partial charge in [0.1, 0.15) is 11.4 Å². The van der Waals surface area contributed by atoms with Gasteiger partial charge in [0.25, 0.3) is 0 Å². The number of rotatable bonds is 14. The van der Waals surface area contributed by atoms with Gasteiger partial charge in [-0.05, 0) is 13.3 Å². The Hall–Kier alpha value is -4.36. The van der Waals surface area contributed by atoms with Crippen molar-refractivity contribution >= 4 is 35.0 Å². The van der Waals surface area contributed by atoms with Gasteiger partial charge < -0.3 is 30.7 Å². The molecule has 4 N–H and O–H groups in total. The lowest BCUT2D eigenvalue weighted by Gasteiger charge is -2.15. The molecule has 4 aromatic rings. The number of carbonyl (C=O) groups is 2. The molecule has 0 saturated carbocycles. The average Bonchev–Trinajstić information content (AvgIpc) is 3.50. The summed E-state index contributed by atoms with van der Waals surface area (Å²) in [5, 5.41) is 12.9. The molecule has 2 aromatic carbocycles. The second-order valence-electron chi connectivity index (χ2n) is 10.7. The zero-order valence-electron chi connectivity index (χ0n) is 26.3. The summed E-state index contributed by atoms with van der Waals surface area (Å²) in [4.78, 5) is 41.7. The number of nitrogens with one attached hydrogen (secondary N) is 4. The van der Waals surface area contributed by atoms with Crippen LogP contribution in [0.5, 0.6) is 11.8 Å². The maximum absolute atomic E-state index is 11.8. The molecule has 0 bridgehead atoms. The van der Waals surface area contributed by atoms with Crippen LogP contribution in [0.15, 0.2) is 48.8 Å². The maximum Gasteiger partial charge on any atom is 0.237 e. The smallest absolute Gasteiger partial charge is 0.237 e. The van der Waals surface area contributed by atoms with Crippen molar-refractivity contribution in [3.8, 4) is 45.4 Å². The third-order valence-corrected chi connectivity index (χ3v) is 8.38. The van der Waals surface area contributed by atoms with Crippen molar-refractivity contribution in [1.82, 2.24) is 41.2 Å². The molecule has 246 valence electrons. The highest BCUT2D eigenvalue weighted by atomic mass is 35.5. The molecule has 1 saturated heterocycles. The molecule has 3 heterocycles. The van der Waals surface area contributed by atoms with Crippen molar-refractivity contribution in [1.29, 1.82) is 0 Å². The minimum absolute atomic E-state index is 0.0773. The second-order valence-corrected chi connectivity index (χ2v) is 11.5. The average molecular weight is 680 g/mol. The van der Waals surface area contributed by atoms with E-state index < -0.39 is 0 Å². The first-order valence-corrected chi connectivity index (χ1v) is 15.9. The van der Waals surface area contributed by atoms with Gasteiger partial charge in [0.2, 0.25) is 23.6 Å². The van der Waals surface area contributed by atoms with Gasteiger partial charge >= 0.3 is 0 Å². The van der Waals surface area contributed by atoms with Crippen molar-refractivity contribution in [2.75, 3.05) is 33.9 Å². The van der Waals surface area contributed by atoms with E-state index in [1.54, 1.807) is 19.5 Å². The summed E-state index contributed by atoms with van der Waals surface area (Å²) in [5.74, 6) is 0.672. The number of hydrogen-bond acceptors (Lipinski definition) is 10. The minimum Gasteiger partial charge on any atom is -0.480 e. The summed E-state index contributed by atoms with van der Waals surface area (Å²) in [7, 11) is 3.06. The zero-order valence-corrected chi connectivity index (χ0v) is 27.8. The van der Waals surface area contributed by atoms with Crippen LogP contribution in [0, 0.1) is 0 Å². The van der Waals surface area contributed by atoms with Gasteiger partial charge in [-0.1, -0.05) is 59.6 Å². The van der Waals surface area contributed by atoms with Gasteiger partial charge in [-0.2, -0.15) is 0 Å². The highest BCUT2D eigenvalue weighted by Crippen LogP contribution is 2.42. The monoisotopic (exact) mass is 678 g/mol. The number of likely N-dealkylation sites (N-methyl/N-ethyl adjacent to an activating group) is 1. The summed E-state index contributed by atoms with van der Waals surface area (Å²) in [6.45, 7) is 3.94. The number of carbonyl (C=O) groups excluding carboxylic acids is 2. The number of ether oxygens (including phenoxy) is 2. The van der Waals surface area contributed by atoms with Crippen LogP contribution in [0.2, 0.25) is 10.0 Å². The molecule has 1 aliphatic rings. The molecule has 0 aliphatic carbocycles. The van der Waals surface area contributed by atoms with E-state index in [0.717, 1.165) is 6.42 Å². The molecule has 0 spiro atoms. The van der Waals surface area contributed by atoms with Gasteiger partial charge in [0.05, 0.1) is 54.6 Å². The van der Waals surface area contributed by atoms with Gasteiger partial charge in [0.15, 0.2) is 0 Å². The Kier molecular flexibility index (Phi) is 11.5. The van der Waals surface area contributed by atoms with Crippen LogP contribution in [-0.4, -0.2) is 71.6 Å². The van der Waals surface area contributed by atoms with Crippen LogP contribution < -0.4 is 30.7 Å².